The first-order chi connectivity index (χ1) is 5.16. The maximum Gasteiger partial charge on any atom is 0.341 e. The van der Waals surface area contributed by atoms with Crippen LogP contribution in [0.3, 0.4) is 0 Å². The molecule has 1 aromatic carbocycles. The van der Waals surface area contributed by atoms with Crippen LogP contribution in [-0.2, 0) is 0 Å². The van der Waals surface area contributed by atoms with Gasteiger partial charge in [0.2, 0.25) is 0 Å². The van der Waals surface area contributed by atoms with Crippen molar-refractivity contribution in [1.82, 2.24) is 0 Å². The number of halogens is 1. The largest absolute Gasteiger partial charge is 0.540 e. The molecular formula is C8H8ClOSi. The Morgan fingerprint density at radius 1 is 1.27 bits per heavy atom. The summed E-state index contributed by atoms with van der Waals surface area (Å²) in [5.41, 5.74) is 2.12. The molecule has 0 bridgehead atoms. The molecule has 0 fully saturated rings. The van der Waals surface area contributed by atoms with Crippen molar-refractivity contribution in [2.75, 3.05) is 0 Å². The maximum atomic E-state index is 5.87. The van der Waals surface area contributed by atoms with Gasteiger partial charge in [0.15, 0.2) is 0 Å². The molecule has 0 amide bonds. The molecular weight excluding hydrogens is 176 g/mol. The van der Waals surface area contributed by atoms with Gasteiger partial charge in [0, 0.05) is 5.02 Å². The lowest BCUT2D eigenvalue weighted by Crippen LogP contribution is -1.91. The Labute approximate surface area is 74.9 Å². The molecule has 0 atom stereocenters. The Morgan fingerprint density at radius 3 is 2.45 bits per heavy atom. The second-order valence-corrected chi connectivity index (χ2v) is 3.01. The lowest BCUT2D eigenvalue weighted by atomic mass is 10.1. The summed E-state index contributed by atoms with van der Waals surface area (Å²) in [6.07, 6.45) is 0. The van der Waals surface area contributed by atoms with Crippen LogP contribution in [0, 0.1) is 13.8 Å². The van der Waals surface area contributed by atoms with Crippen LogP contribution >= 0.6 is 11.6 Å². The third-order valence-electron chi connectivity index (χ3n) is 1.78. The van der Waals surface area contributed by atoms with Gasteiger partial charge in [-0.3, -0.25) is 0 Å². The molecule has 0 unspecified atom stereocenters. The molecule has 0 aliphatic heterocycles. The summed E-state index contributed by atoms with van der Waals surface area (Å²) >= 11 is 5.87. The molecule has 0 aromatic heterocycles. The van der Waals surface area contributed by atoms with E-state index in [0.29, 0.717) is 0 Å². The van der Waals surface area contributed by atoms with Crippen molar-refractivity contribution >= 4 is 22.1 Å². The fourth-order valence-electron chi connectivity index (χ4n) is 0.873. The first-order valence-electron chi connectivity index (χ1n) is 3.26. The van der Waals surface area contributed by atoms with Crippen LogP contribution in [0.1, 0.15) is 11.1 Å². The molecule has 3 radical (unpaired) electrons. The van der Waals surface area contributed by atoms with Gasteiger partial charge in [-0.25, -0.2) is 0 Å². The number of hydrogen-bond acceptors (Lipinski definition) is 1. The minimum atomic E-state index is 0.773. The summed E-state index contributed by atoms with van der Waals surface area (Å²) in [7, 11) is 2.97. The van der Waals surface area contributed by atoms with E-state index in [4.69, 9.17) is 16.0 Å². The van der Waals surface area contributed by atoms with E-state index in [1.807, 2.05) is 26.0 Å². The third-order valence-corrected chi connectivity index (χ3v) is 2.41. The van der Waals surface area contributed by atoms with Gasteiger partial charge in [-0.1, -0.05) is 11.6 Å². The normalized spacial score (nSPS) is 9.82. The average Bonchev–Trinajstić information content (AvgIpc) is 2.01. The molecule has 3 heteroatoms. The quantitative estimate of drug-likeness (QED) is 0.608. The predicted molar refractivity (Wildman–Crippen MR) is 47.3 cm³/mol. The summed E-state index contributed by atoms with van der Waals surface area (Å²) in [6, 6.07) is 3.65. The van der Waals surface area contributed by atoms with Crippen molar-refractivity contribution in [3.8, 4) is 5.75 Å². The van der Waals surface area contributed by atoms with Crippen molar-refractivity contribution in [3.63, 3.8) is 0 Å². The van der Waals surface area contributed by atoms with E-state index in [9.17, 15) is 0 Å². The summed E-state index contributed by atoms with van der Waals surface area (Å²) in [6.45, 7) is 3.93. The van der Waals surface area contributed by atoms with Gasteiger partial charge in [-0.2, -0.15) is 0 Å². The zero-order valence-electron chi connectivity index (χ0n) is 6.44. The highest BCUT2D eigenvalue weighted by Crippen LogP contribution is 2.26. The van der Waals surface area contributed by atoms with Crippen LogP contribution in [-0.4, -0.2) is 10.5 Å². The van der Waals surface area contributed by atoms with E-state index < -0.39 is 0 Å². The maximum absolute atomic E-state index is 5.87. The molecule has 11 heavy (non-hydrogen) atoms. The molecule has 1 rings (SSSR count). The van der Waals surface area contributed by atoms with Gasteiger partial charge in [-0.05, 0) is 37.1 Å². The predicted octanol–water partition coefficient (Wildman–Crippen LogP) is 2.42. The molecule has 0 saturated heterocycles. The highest BCUT2D eigenvalue weighted by Gasteiger charge is 2.03. The summed E-state index contributed by atoms with van der Waals surface area (Å²) in [5.74, 6) is 0.809. The summed E-state index contributed by atoms with van der Waals surface area (Å²) in [4.78, 5) is 0. The lowest BCUT2D eigenvalue weighted by molar-refractivity contribution is 0.609. The smallest absolute Gasteiger partial charge is 0.341 e. The first-order valence-corrected chi connectivity index (χ1v) is 4.04. The molecule has 0 heterocycles. The number of rotatable bonds is 1. The van der Waals surface area contributed by atoms with Gasteiger partial charge in [0.25, 0.3) is 0 Å². The standard InChI is InChI=1S/C8H8ClOSi/c1-5-6(2)8(10-11)4-3-7(5)9/h3-4H,1-2H3. The Hall–Kier alpha value is -0.473. The zero-order chi connectivity index (χ0) is 8.43. The van der Waals surface area contributed by atoms with Crippen molar-refractivity contribution in [1.29, 1.82) is 0 Å². The van der Waals surface area contributed by atoms with E-state index in [-0.39, 0.29) is 0 Å². The molecule has 1 nitrogen and oxygen atoms in total. The SMILES string of the molecule is Cc1c(Cl)ccc(O[Si])c1C. The van der Waals surface area contributed by atoms with Crippen LogP contribution in [0.5, 0.6) is 5.75 Å². The van der Waals surface area contributed by atoms with Crippen molar-refractivity contribution in [3.05, 3.63) is 28.3 Å². The van der Waals surface area contributed by atoms with E-state index in [0.717, 1.165) is 21.9 Å². The molecule has 0 spiro atoms. The van der Waals surface area contributed by atoms with Gasteiger partial charge in [-0.15, -0.1) is 0 Å². The molecule has 0 aliphatic carbocycles. The van der Waals surface area contributed by atoms with Gasteiger partial charge in [0.05, 0.1) is 0 Å². The Bertz CT molecular complexity index is 273. The second kappa shape index (κ2) is 3.28. The number of benzene rings is 1. The van der Waals surface area contributed by atoms with Crippen LogP contribution in [0.15, 0.2) is 12.1 Å². The van der Waals surface area contributed by atoms with Crippen molar-refractivity contribution in [2.24, 2.45) is 0 Å². The topological polar surface area (TPSA) is 9.23 Å². The van der Waals surface area contributed by atoms with Gasteiger partial charge < -0.3 is 4.43 Å². The molecule has 57 valence electrons. The van der Waals surface area contributed by atoms with Crippen LogP contribution in [0.2, 0.25) is 5.02 Å². The molecule has 0 saturated carbocycles. The van der Waals surface area contributed by atoms with E-state index in [1.165, 1.54) is 0 Å². The van der Waals surface area contributed by atoms with E-state index in [1.54, 1.807) is 0 Å². The summed E-state index contributed by atoms with van der Waals surface area (Å²) < 4.78 is 4.93. The zero-order valence-corrected chi connectivity index (χ0v) is 8.20. The Balaban J connectivity index is 3.25. The van der Waals surface area contributed by atoms with Crippen molar-refractivity contribution < 1.29 is 4.43 Å². The fourth-order valence-corrected chi connectivity index (χ4v) is 1.30. The Morgan fingerprint density at radius 2 is 1.91 bits per heavy atom. The second-order valence-electron chi connectivity index (χ2n) is 2.40. The minimum Gasteiger partial charge on any atom is -0.540 e. The fraction of sp³-hybridized carbons (Fsp3) is 0.250. The lowest BCUT2D eigenvalue weighted by Gasteiger charge is -2.07. The van der Waals surface area contributed by atoms with E-state index in [2.05, 4.69) is 10.5 Å². The molecule has 0 N–H and O–H groups in total. The van der Waals surface area contributed by atoms with E-state index >= 15 is 0 Å². The molecule has 1 aromatic rings. The van der Waals surface area contributed by atoms with Crippen LogP contribution in [0.25, 0.3) is 0 Å². The number of hydrogen-bond donors (Lipinski definition) is 0. The Kier molecular flexibility index (Phi) is 2.57. The average molecular weight is 184 g/mol. The van der Waals surface area contributed by atoms with Crippen molar-refractivity contribution in [2.45, 2.75) is 13.8 Å². The summed E-state index contributed by atoms with van der Waals surface area (Å²) in [5, 5.41) is 0.773. The monoisotopic (exact) mass is 183 g/mol. The third kappa shape index (κ3) is 1.57. The first kappa shape index (κ1) is 8.62. The highest BCUT2D eigenvalue weighted by molar-refractivity contribution is 6.31. The van der Waals surface area contributed by atoms with Gasteiger partial charge >= 0.3 is 10.5 Å². The van der Waals surface area contributed by atoms with Gasteiger partial charge in [0.1, 0.15) is 5.75 Å². The van der Waals surface area contributed by atoms with Crippen LogP contribution in [0.4, 0.5) is 0 Å². The minimum absolute atomic E-state index is 0.773. The molecule has 0 aliphatic rings. The van der Waals surface area contributed by atoms with Crippen LogP contribution < -0.4 is 4.43 Å². The highest BCUT2D eigenvalue weighted by atomic mass is 35.5.